The van der Waals surface area contributed by atoms with Gasteiger partial charge in [0.2, 0.25) is 5.89 Å². The fourth-order valence-corrected chi connectivity index (χ4v) is 2.97. The molecule has 1 fully saturated rings. The van der Waals surface area contributed by atoms with Crippen LogP contribution in [0.3, 0.4) is 0 Å². The largest absolute Gasteiger partial charge is 0.392 e. The number of nitrogens with zero attached hydrogens (tertiary/aromatic N) is 3. The van der Waals surface area contributed by atoms with Crippen LogP contribution < -0.4 is 0 Å². The molecule has 0 aliphatic carbocycles. The Labute approximate surface area is 138 Å². The SMILES string of the molecule is COCCc1noc(CN2CC(O)CC2c2cc(F)ccc2F)n1. The van der Waals surface area contributed by atoms with Crippen LogP contribution in [0.5, 0.6) is 0 Å². The molecular weight excluding hydrogens is 320 g/mol. The highest BCUT2D eigenvalue weighted by atomic mass is 19.1. The summed E-state index contributed by atoms with van der Waals surface area (Å²) in [4.78, 5) is 6.07. The zero-order chi connectivity index (χ0) is 17.1. The summed E-state index contributed by atoms with van der Waals surface area (Å²) in [5, 5.41) is 13.8. The number of aromatic nitrogens is 2. The number of methoxy groups -OCH3 is 1. The summed E-state index contributed by atoms with van der Waals surface area (Å²) in [6.45, 7) is 1.08. The van der Waals surface area contributed by atoms with Crippen molar-refractivity contribution in [2.24, 2.45) is 0 Å². The van der Waals surface area contributed by atoms with Crippen LogP contribution >= 0.6 is 0 Å². The van der Waals surface area contributed by atoms with Gasteiger partial charge in [0.05, 0.1) is 19.3 Å². The molecule has 1 aliphatic rings. The second-order valence-corrected chi connectivity index (χ2v) is 5.85. The van der Waals surface area contributed by atoms with E-state index >= 15 is 0 Å². The van der Waals surface area contributed by atoms with Crippen LogP contribution in [0.2, 0.25) is 0 Å². The Kier molecular flexibility index (Phi) is 5.17. The van der Waals surface area contributed by atoms with Crippen LogP contribution in [-0.2, 0) is 17.7 Å². The van der Waals surface area contributed by atoms with E-state index in [9.17, 15) is 13.9 Å². The monoisotopic (exact) mass is 339 g/mol. The summed E-state index contributed by atoms with van der Waals surface area (Å²) in [5.74, 6) is -0.101. The van der Waals surface area contributed by atoms with Gasteiger partial charge in [-0.05, 0) is 24.6 Å². The lowest BCUT2D eigenvalue weighted by molar-refractivity contribution is 0.164. The van der Waals surface area contributed by atoms with E-state index in [1.807, 2.05) is 4.90 Å². The number of hydrogen-bond acceptors (Lipinski definition) is 6. The minimum absolute atomic E-state index is 0.227. The van der Waals surface area contributed by atoms with Crippen LogP contribution in [-0.4, -0.2) is 46.5 Å². The highest BCUT2D eigenvalue weighted by Gasteiger charge is 2.34. The highest BCUT2D eigenvalue weighted by molar-refractivity contribution is 5.24. The van der Waals surface area contributed by atoms with Crippen molar-refractivity contribution in [3.05, 3.63) is 47.1 Å². The summed E-state index contributed by atoms with van der Waals surface area (Å²) in [6, 6.07) is 2.91. The molecule has 0 bridgehead atoms. The van der Waals surface area contributed by atoms with E-state index in [4.69, 9.17) is 9.26 Å². The molecule has 1 aromatic carbocycles. The topological polar surface area (TPSA) is 71.6 Å². The molecule has 0 spiro atoms. The van der Waals surface area contributed by atoms with Crippen molar-refractivity contribution >= 4 is 0 Å². The van der Waals surface area contributed by atoms with E-state index < -0.39 is 23.8 Å². The Morgan fingerprint density at radius 3 is 3.04 bits per heavy atom. The first-order valence-corrected chi connectivity index (χ1v) is 7.74. The zero-order valence-corrected chi connectivity index (χ0v) is 13.3. The molecule has 130 valence electrons. The molecule has 2 atom stereocenters. The van der Waals surface area contributed by atoms with E-state index in [1.54, 1.807) is 7.11 Å². The minimum Gasteiger partial charge on any atom is -0.392 e. The molecule has 2 aromatic rings. The second kappa shape index (κ2) is 7.33. The van der Waals surface area contributed by atoms with E-state index in [0.29, 0.717) is 37.7 Å². The molecule has 1 saturated heterocycles. The van der Waals surface area contributed by atoms with Crippen LogP contribution in [0.25, 0.3) is 0 Å². The van der Waals surface area contributed by atoms with Gasteiger partial charge in [0.25, 0.3) is 0 Å². The first-order valence-electron chi connectivity index (χ1n) is 7.74. The highest BCUT2D eigenvalue weighted by Crippen LogP contribution is 2.34. The molecule has 6 nitrogen and oxygen atoms in total. The van der Waals surface area contributed by atoms with Crippen molar-refractivity contribution in [3.63, 3.8) is 0 Å². The number of β-amino-alcohol motifs (C(OH)–C–C–N with tert-alkyl or cyclic N) is 1. The van der Waals surface area contributed by atoms with E-state index in [1.165, 1.54) is 6.07 Å². The van der Waals surface area contributed by atoms with Crippen molar-refractivity contribution in [3.8, 4) is 0 Å². The zero-order valence-electron chi connectivity index (χ0n) is 13.3. The summed E-state index contributed by atoms with van der Waals surface area (Å²) in [6.07, 6.45) is 0.240. The summed E-state index contributed by atoms with van der Waals surface area (Å²) >= 11 is 0. The predicted octanol–water partition coefficient (Wildman–Crippen LogP) is 1.84. The van der Waals surface area contributed by atoms with Crippen molar-refractivity contribution in [2.75, 3.05) is 20.3 Å². The standard InChI is InChI=1S/C16H19F2N3O3/c1-23-5-4-15-19-16(24-20-15)9-21-8-11(22)7-14(21)12-6-10(17)2-3-13(12)18/h2-3,6,11,14,22H,4-5,7-9H2,1H3. The molecular formula is C16H19F2N3O3. The normalized spacial score (nSPS) is 21.5. The Morgan fingerprint density at radius 1 is 1.42 bits per heavy atom. The fourth-order valence-electron chi connectivity index (χ4n) is 2.97. The van der Waals surface area contributed by atoms with E-state index in [-0.39, 0.29) is 12.1 Å². The van der Waals surface area contributed by atoms with Gasteiger partial charge in [0.1, 0.15) is 11.6 Å². The molecule has 1 aliphatic heterocycles. The molecule has 0 saturated carbocycles. The number of hydrogen-bond donors (Lipinski definition) is 1. The van der Waals surface area contributed by atoms with E-state index in [2.05, 4.69) is 10.1 Å². The Bertz CT molecular complexity index is 695. The molecule has 0 amide bonds. The smallest absolute Gasteiger partial charge is 0.240 e. The Balaban J connectivity index is 1.76. The number of benzene rings is 1. The molecule has 2 unspecified atom stereocenters. The molecule has 24 heavy (non-hydrogen) atoms. The van der Waals surface area contributed by atoms with Crippen LogP contribution in [0.1, 0.15) is 29.7 Å². The second-order valence-electron chi connectivity index (χ2n) is 5.85. The van der Waals surface area contributed by atoms with Crippen molar-refractivity contribution in [1.29, 1.82) is 0 Å². The maximum atomic E-state index is 14.1. The number of ether oxygens (including phenoxy) is 1. The van der Waals surface area contributed by atoms with Gasteiger partial charge in [0, 0.05) is 31.7 Å². The number of aliphatic hydroxyl groups is 1. The van der Waals surface area contributed by atoms with Gasteiger partial charge >= 0.3 is 0 Å². The van der Waals surface area contributed by atoms with Crippen LogP contribution in [0.15, 0.2) is 22.7 Å². The predicted molar refractivity (Wildman–Crippen MR) is 80.0 cm³/mol. The van der Waals surface area contributed by atoms with Crippen LogP contribution in [0.4, 0.5) is 8.78 Å². The van der Waals surface area contributed by atoms with Crippen molar-refractivity contribution in [2.45, 2.75) is 31.5 Å². The summed E-state index contributed by atoms with van der Waals surface area (Å²) in [5.41, 5.74) is 0.227. The third-order valence-electron chi connectivity index (χ3n) is 4.08. The summed E-state index contributed by atoms with van der Waals surface area (Å²) in [7, 11) is 1.59. The molecule has 2 heterocycles. The Morgan fingerprint density at radius 2 is 2.25 bits per heavy atom. The van der Waals surface area contributed by atoms with Gasteiger partial charge in [-0.2, -0.15) is 4.98 Å². The van der Waals surface area contributed by atoms with Crippen LogP contribution in [0, 0.1) is 11.6 Å². The third-order valence-corrected chi connectivity index (χ3v) is 4.08. The van der Waals surface area contributed by atoms with E-state index in [0.717, 1.165) is 12.1 Å². The summed E-state index contributed by atoms with van der Waals surface area (Å²) < 4.78 is 37.7. The lowest BCUT2D eigenvalue weighted by Crippen LogP contribution is -2.25. The number of aliphatic hydroxyl groups excluding tert-OH is 1. The van der Waals surface area contributed by atoms with Gasteiger partial charge < -0.3 is 14.4 Å². The van der Waals surface area contributed by atoms with Gasteiger partial charge in [-0.25, -0.2) is 8.78 Å². The third kappa shape index (κ3) is 3.77. The van der Waals surface area contributed by atoms with Crippen molar-refractivity contribution in [1.82, 2.24) is 15.0 Å². The average Bonchev–Trinajstić information content (AvgIpc) is 3.14. The Hall–Kier alpha value is -1.90. The maximum Gasteiger partial charge on any atom is 0.240 e. The average molecular weight is 339 g/mol. The van der Waals surface area contributed by atoms with Gasteiger partial charge in [-0.15, -0.1) is 0 Å². The van der Waals surface area contributed by atoms with Gasteiger partial charge in [-0.1, -0.05) is 5.16 Å². The van der Waals surface area contributed by atoms with Gasteiger partial charge in [0.15, 0.2) is 5.82 Å². The van der Waals surface area contributed by atoms with Gasteiger partial charge in [-0.3, -0.25) is 4.90 Å². The first-order chi connectivity index (χ1) is 11.6. The molecule has 8 heteroatoms. The first kappa shape index (κ1) is 16.9. The van der Waals surface area contributed by atoms with Crippen molar-refractivity contribution < 1.29 is 23.1 Å². The molecule has 3 rings (SSSR count). The quantitative estimate of drug-likeness (QED) is 0.866. The maximum absolute atomic E-state index is 14.1. The molecule has 0 radical (unpaired) electrons. The minimum atomic E-state index is -0.617. The number of likely N-dealkylation sites (tertiary alicyclic amines) is 1. The lowest BCUT2D eigenvalue weighted by atomic mass is 10.0. The number of halogens is 2. The molecule has 1 aromatic heterocycles. The fraction of sp³-hybridized carbons (Fsp3) is 0.500. The number of rotatable bonds is 6. The molecule has 1 N–H and O–H groups in total. The lowest BCUT2D eigenvalue weighted by Gasteiger charge is -2.23.